The first-order valence-corrected chi connectivity index (χ1v) is 6.31. The number of thiophene rings is 1. The van der Waals surface area contributed by atoms with Gasteiger partial charge in [0.2, 0.25) is 0 Å². The first-order valence-electron chi connectivity index (χ1n) is 5.43. The van der Waals surface area contributed by atoms with Crippen molar-refractivity contribution in [3.63, 3.8) is 0 Å². The van der Waals surface area contributed by atoms with Gasteiger partial charge in [-0.2, -0.15) is 0 Å². The second-order valence-corrected chi connectivity index (χ2v) is 4.94. The first-order chi connectivity index (χ1) is 8.66. The van der Waals surface area contributed by atoms with E-state index in [1.54, 1.807) is 23.5 Å². The monoisotopic (exact) mass is 258 g/mol. The third kappa shape index (κ3) is 1.60. The fraction of sp³-hybridized carbons (Fsp3) is 0.0769. The zero-order chi connectivity index (χ0) is 12.7. The summed E-state index contributed by atoms with van der Waals surface area (Å²) in [6, 6.07) is 7.14. The van der Waals surface area contributed by atoms with E-state index >= 15 is 0 Å². The molecule has 0 atom stereocenters. The molecule has 0 amide bonds. The molecule has 2 N–H and O–H groups in total. The zero-order valence-corrected chi connectivity index (χ0v) is 10.4. The SMILES string of the molecule is Cc1ccsc1-c1nc2c(C(=O)O)cccc2[nH]1. The van der Waals surface area contributed by atoms with Gasteiger partial charge in [0.05, 0.1) is 16.0 Å². The van der Waals surface area contributed by atoms with Crippen LogP contribution in [0.2, 0.25) is 0 Å². The Bertz CT molecular complexity index is 742. The molecule has 0 aliphatic heterocycles. The number of nitrogens with zero attached hydrogens (tertiary/aromatic N) is 1. The summed E-state index contributed by atoms with van der Waals surface area (Å²) in [4.78, 5) is 19.8. The maximum Gasteiger partial charge on any atom is 0.337 e. The van der Waals surface area contributed by atoms with Crippen molar-refractivity contribution >= 4 is 28.3 Å². The standard InChI is InChI=1S/C13H10N2O2S/c1-7-5-6-18-11(7)12-14-9-4-2-3-8(13(16)17)10(9)15-12/h2-6H,1H3,(H,14,15)(H,16,17). The number of carboxylic acid groups (broad SMARTS) is 1. The van der Waals surface area contributed by atoms with Crippen LogP contribution < -0.4 is 0 Å². The highest BCUT2D eigenvalue weighted by atomic mass is 32.1. The highest BCUT2D eigenvalue weighted by Crippen LogP contribution is 2.29. The van der Waals surface area contributed by atoms with Crippen molar-refractivity contribution in [3.8, 4) is 10.7 Å². The maximum absolute atomic E-state index is 11.1. The summed E-state index contributed by atoms with van der Waals surface area (Å²) in [5.41, 5.74) is 2.62. The smallest absolute Gasteiger partial charge is 0.337 e. The molecule has 0 radical (unpaired) electrons. The number of benzene rings is 1. The van der Waals surface area contributed by atoms with Gasteiger partial charge in [-0.3, -0.25) is 0 Å². The Kier molecular flexibility index (Phi) is 2.41. The Balaban J connectivity index is 2.26. The van der Waals surface area contributed by atoms with E-state index < -0.39 is 5.97 Å². The number of aryl methyl sites for hydroxylation is 1. The average molecular weight is 258 g/mol. The van der Waals surface area contributed by atoms with Gasteiger partial charge >= 0.3 is 5.97 Å². The van der Waals surface area contributed by atoms with Crippen LogP contribution in [0, 0.1) is 6.92 Å². The molecule has 18 heavy (non-hydrogen) atoms. The number of aromatic nitrogens is 2. The second kappa shape index (κ2) is 3.96. The number of H-pyrrole nitrogens is 1. The Morgan fingerprint density at radius 1 is 1.39 bits per heavy atom. The average Bonchev–Trinajstić information content (AvgIpc) is 2.92. The van der Waals surface area contributed by atoms with Crippen LogP contribution in [0.1, 0.15) is 15.9 Å². The molecule has 0 saturated heterocycles. The third-order valence-corrected chi connectivity index (χ3v) is 3.84. The van der Waals surface area contributed by atoms with Gasteiger partial charge in [-0.05, 0) is 36.1 Å². The molecule has 4 nitrogen and oxygen atoms in total. The lowest BCUT2D eigenvalue weighted by Crippen LogP contribution is -1.96. The Hall–Kier alpha value is -2.14. The summed E-state index contributed by atoms with van der Waals surface area (Å²) < 4.78 is 0. The lowest BCUT2D eigenvalue weighted by molar-refractivity contribution is 0.0699. The number of para-hydroxylation sites is 1. The molecule has 3 rings (SSSR count). The highest BCUT2D eigenvalue weighted by Gasteiger charge is 2.14. The van der Waals surface area contributed by atoms with E-state index in [2.05, 4.69) is 9.97 Å². The molecule has 2 heterocycles. The summed E-state index contributed by atoms with van der Waals surface area (Å²) in [5, 5.41) is 11.1. The number of carbonyl (C=O) groups is 1. The van der Waals surface area contributed by atoms with Crippen molar-refractivity contribution in [1.29, 1.82) is 0 Å². The number of aromatic amines is 1. The topological polar surface area (TPSA) is 66.0 Å². The molecule has 0 unspecified atom stereocenters. The van der Waals surface area contributed by atoms with Gasteiger partial charge in [0.15, 0.2) is 0 Å². The number of hydrogen-bond donors (Lipinski definition) is 2. The Morgan fingerprint density at radius 3 is 2.89 bits per heavy atom. The van der Waals surface area contributed by atoms with Gasteiger partial charge < -0.3 is 10.1 Å². The molecule has 5 heteroatoms. The second-order valence-electron chi connectivity index (χ2n) is 4.03. The molecule has 0 bridgehead atoms. The summed E-state index contributed by atoms with van der Waals surface area (Å²) in [7, 11) is 0. The summed E-state index contributed by atoms with van der Waals surface area (Å²) in [5.74, 6) is -0.229. The Morgan fingerprint density at radius 2 is 2.22 bits per heavy atom. The van der Waals surface area contributed by atoms with E-state index in [1.807, 2.05) is 24.4 Å². The molecular weight excluding hydrogens is 248 g/mol. The minimum atomic E-state index is -0.957. The van der Waals surface area contributed by atoms with Crippen LogP contribution in [0.3, 0.4) is 0 Å². The summed E-state index contributed by atoms with van der Waals surface area (Å²) in [6.07, 6.45) is 0. The van der Waals surface area contributed by atoms with Crippen molar-refractivity contribution in [1.82, 2.24) is 9.97 Å². The normalized spacial score (nSPS) is 10.9. The number of aromatic carboxylic acids is 1. The van der Waals surface area contributed by atoms with Crippen LogP contribution in [-0.4, -0.2) is 21.0 Å². The van der Waals surface area contributed by atoms with Crippen molar-refractivity contribution in [3.05, 3.63) is 40.8 Å². The predicted octanol–water partition coefficient (Wildman–Crippen LogP) is 3.30. The van der Waals surface area contributed by atoms with Gasteiger partial charge in [0.1, 0.15) is 11.3 Å². The molecular formula is C13H10N2O2S. The van der Waals surface area contributed by atoms with Gasteiger partial charge in [0.25, 0.3) is 0 Å². The van der Waals surface area contributed by atoms with E-state index in [-0.39, 0.29) is 5.56 Å². The number of fused-ring (bicyclic) bond motifs is 1. The fourth-order valence-electron chi connectivity index (χ4n) is 1.93. The molecule has 0 aliphatic rings. The number of nitrogens with one attached hydrogen (secondary N) is 1. The van der Waals surface area contributed by atoms with Crippen LogP contribution in [0.25, 0.3) is 21.7 Å². The minimum absolute atomic E-state index is 0.226. The van der Waals surface area contributed by atoms with Gasteiger partial charge in [-0.1, -0.05) is 6.07 Å². The van der Waals surface area contributed by atoms with Gasteiger partial charge in [-0.25, -0.2) is 9.78 Å². The van der Waals surface area contributed by atoms with E-state index in [4.69, 9.17) is 5.11 Å². The molecule has 0 fully saturated rings. The van der Waals surface area contributed by atoms with Crippen molar-refractivity contribution in [2.45, 2.75) is 6.92 Å². The number of carboxylic acids is 1. The molecule has 3 aromatic rings. The van der Waals surface area contributed by atoms with E-state index in [9.17, 15) is 4.79 Å². The molecule has 90 valence electrons. The van der Waals surface area contributed by atoms with Crippen molar-refractivity contribution in [2.24, 2.45) is 0 Å². The quantitative estimate of drug-likeness (QED) is 0.741. The van der Waals surface area contributed by atoms with Crippen LogP contribution in [0.15, 0.2) is 29.6 Å². The van der Waals surface area contributed by atoms with E-state index in [0.29, 0.717) is 5.52 Å². The fourth-order valence-corrected chi connectivity index (χ4v) is 2.80. The van der Waals surface area contributed by atoms with Gasteiger partial charge in [-0.15, -0.1) is 11.3 Å². The Labute approximate surface area is 107 Å². The minimum Gasteiger partial charge on any atom is -0.478 e. The largest absolute Gasteiger partial charge is 0.478 e. The van der Waals surface area contributed by atoms with E-state index in [1.165, 1.54) is 0 Å². The van der Waals surface area contributed by atoms with E-state index in [0.717, 1.165) is 21.8 Å². The van der Waals surface area contributed by atoms with Crippen molar-refractivity contribution < 1.29 is 9.90 Å². The predicted molar refractivity (Wildman–Crippen MR) is 71.1 cm³/mol. The maximum atomic E-state index is 11.1. The number of imidazole rings is 1. The summed E-state index contributed by atoms with van der Waals surface area (Å²) >= 11 is 1.59. The highest BCUT2D eigenvalue weighted by molar-refractivity contribution is 7.13. The number of hydrogen-bond acceptors (Lipinski definition) is 3. The van der Waals surface area contributed by atoms with Gasteiger partial charge in [0, 0.05) is 0 Å². The van der Waals surface area contributed by atoms with Crippen LogP contribution in [-0.2, 0) is 0 Å². The molecule has 0 aliphatic carbocycles. The van der Waals surface area contributed by atoms with Crippen molar-refractivity contribution in [2.75, 3.05) is 0 Å². The number of rotatable bonds is 2. The summed E-state index contributed by atoms with van der Waals surface area (Å²) in [6.45, 7) is 2.01. The molecule has 1 aromatic carbocycles. The third-order valence-electron chi connectivity index (χ3n) is 2.82. The lowest BCUT2D eigenvalue weighted by Gasteiger charge is -1.93. The first kappa shape index (κ1) is 11.0. The molecule has 2 aromatic heterocycles. The molecule has 0 saturated carbocycles. The van der Waals surface area contributed by atoms with Crippen LogP contribution in [0.5, 0.6) is 0 Å². The zero-order valence-electron chi connectivity index (χ0n) is 9.60. The van der Waals surface area contributed by atoms with Crippen LogP contribution >= 0.6 is 11.3 Å². The molecule has 0 spiro atoms. The van der Waals surface area contributed by atoms with Crippen LogP contribution in [0.4, 0.5) is 0 Å². The lowest BCUT2D eigenvalue weighted by atomic mass is 10.2.